The SMILES string of the molecule is Cn1ccc(CNC(=O)c2cc3cccc4c3n(c2=O)CCN4CCS(C)(=O)=O)cc1=O. The van der Waals surface area contributed by atoms with E-state index in [1.54, 1.807) is 29.9 Å². The third-order valence-electron chi connectivity index (χ3n) is 5.62. The number of hydrogen-bond acceptors (Lipinski definition) is 6. The number of aromatic nitrogens is 2. The van der Waals surface area contributed by atoms with Gasteiger partial charge in [0.25, 0.3) is 17.0 Å². The van der Waals surface area contributed by atoms with Crippen LogP contribution in [0.3, 0.4) is 0 Å². The van der Waals surface area contributed by atoms with Crippen LogP contribution in [0.15, 0.2) is 52.2 Å². The molecule has 0 atom stereocenters. The lowest BCUT2D eigenvalue weighted by molar-refractivity contribution is 0.0949. The molecule has 32 heavy (non-hydrogen) atoms. The predicted octanol–water partition coefficient (Wildman–Crippen LogP) is 0.495. The van der Waals surface area contributed by atoms with Gasteiger partial charge in [-0.2, -0.15) is 0 Å². The highest BCUT2D eigenvalue weighted by Gasteiger charge is 2.23. The third-order valence-corrected chi connectivity index (χ3v) is 6.55. The van der Waals surface area contributed by atoms with Crippen molar-refractivity contribution in [2.75, 3.05) is 30.0 Å². The molecule has 10 heteroatoms. The summed E-state index contributed by atoms with van der Waals surface area (Å²) in [4.78, 5) is 39.6. The summed E-state index contributed by atoms with van der Waals surface area (Å²) in [7, 11) is -1.47. The summed E-state index contributed by atoms with van der Waals surface area (Å²) >= 11 is 0. The summed E-state index contributed by atoms with van der Waals surface area (Å²) in [6.07, 6.45) is 2.82. The number of carbonyl (C=O) groups excluding carboxylic acids is 1. The van der Waals surface area contributed by atoms with Crippen molar-refractivity contribution in [3.05, 3.63) is 74.4 Å². The van der Waals surface area contributed by atoms with Crippen LogP contribution in [0.1, 0.15) is 15.9 Å². The van der Waals surface area contributed by atoms with E-state index in [-0.39, 0.29) is 23.4 Å². The van der Waals surface area contributed by atoms with E-state index in [9.17, 15) is 22.8 Å². The first-order valence-electron chi connectivity index (χ1n) is 10.2. The number of aryl methyl sites for hydroxylation is 1. The lowest BCUT2D eigenvalue weighted by Gasteiger charge is -2.32. The smallest absolute Gasteiger partial charge is 0.264 e. The summed E-state index contributed by atoms with van der Waals surface area (Å²) in [5, 5.41) is 3.45. The molecule has 1 aliphatic rings. The Morgan fingerprint density at radius 1 is 1.12 bits per heavy atom. The maximum Gasteiger partial charge on any atom is 0.264 e. The van der Waals surface area contributed by atoms with Crippen molar-refractivity contribution in [2.24, 2.45) is 7.05 Å². The van der Waals surface area contributed by atoms with E-state index in [0.717, 1.165) is 11.1 Å². The van der Waals surface area contributed by atoms with Gasteiger partial charge in [-0.05, 0) is 23.8 Å². The molecule has 1 N–H and O–H groups in total. The predicted molar refractivity (Wildman–Crippen MR) is 123 cm³/mol. The molecule has 3 heterocycles. The molecule has 168 valence electrons. The van der Waals surface area contributed by atoms with Crippen molar-refractivity contribution >= 4 is 32.3 Å². The molecule has 2 aromatic heterocycles. The summed E-state index contributed by atoms with van der Waals surface area (Å²) in [6.45, 7) is 1.29. The molecule has 0 aliphatic carbocycles. The van der Waals surface area contributed by atoms with Crippen LogP contribution >= 0.6 is 0 Å². The number of rotatable bonds is 6. The maximum atomic E-state index is 13.1. The molecule has 1 amide bonds. The number of sulfone groups is 1. The van der Waals surface area contributed by atoms with Gasteiger partial charge in [0.1, 0.15) is 15.4 Å². The Balaban J connectivity index is 1.64. The van der Waals surface area contributed by atoms with Gasteiger partial charge in [0.15, 0.2) is 0 Å². The summed E-state index contributed by atoms with van der Waals surface area (Å²) in [5.74, 6) is -0.484. The van der Waals surface area contributed by atoms with Gasteiger partial charge in [-0.15, -0.1) is 0 Å². The maximum absolute atomic E-state index is 13.1. The Kier molecular flexibility index (Phi) is 5.64. The largest absolute Gasteiger partial charge is 0.367 e. The number of para-hydroxylation sites is 1. The number of pyridine rings is 2. The Hall–Kier alpha value is -3.40. The van der Waals surface area contributed by atoms with Gasteiger partial charge in [-0.1, -0.05) is 12.1 Å². The zero-order valence-electron chi connectivity index (χ0n) is 17.9. The van der Waals surface area contributed by atoms with Crippen molar-refractivity contribution in [1.29, 1.82) is 0 Å². The normalized spacial score (nSPS) is 13.4. The highest BCUT2D eigenvalue weighted by Crippen LogP contribution is 2.29. The van der Waals surface area contributed by atoms with Gasteiger partial charge in [0, 0.05) is 57.1 Å². The second kappa shape index (κ2) is 8.27. The van der Waals surface area contributed by atoms with E-state index in [4.69, 9.17) is 0 Å². The average Bonchev–Trinajstić information content (AvgIpc) is 2.75. The van der Waals surface area contributed by atoms with Gasteiger partial charge < -0.3 is 19.4 Å². The standard InChI is InChI=1S/C22H24N4O5S/c1-24-7-6-15(12-19(24)27)14-23-21(28)17-13-16-4-3-5-18-20(16)26(22(17)29)9-8-25(18)10-11-32(2,30)31/h3-7,12-13H,8-11,14H2,1-2H3,(H,23,28). The molecule has 0 fully saturated rings. The minimum absolute atomic E-state index is 0.0245. The number of amides is 1. The fourth-order valence-electron chi connectivity index (χ4n) is 3.88. The topological polar surface area (TPSA) is 110 Å². The Morgan fingerprint density at radius 3 is 2.62 bits per heavy atom. The molecule has 0 radical (unpaired) electrons. The van der Waals surface area contributed by atoms with Crippen LogP contribution in [0.25, 0.3) is 10.9 Å². The number of nitrogens with zero attached hydrogens (tertiary/aromatic N) is 3. The second-order valence-electron chi connectivity index (χ2n) is 8.01. The van der Waals surface area contributed by atoms with Gasteiger partial charge in [0.05, 0.1) is 17.0 Å². The Bertz CT molecular complexity index is 1440. The molecule has 0 saturated heterocycles. The highest BCUT2D eigenvalue weighted by atomic mass is 32.2. The molecule has 4 rings (SSSR count). The van der Waals surface area contributed by atoms with Gasteiger partial charge in [0.2, 0.25) is 0 Å². The number of nitrogens with one attached hydrogen (secondary N) is 1. The number of carbonyl (C=O) groups is 1. The van der Waals surface area contributed by atoms with Gasteiger partial charge >= 0.3 is 0 Å². The first kappa shape index (κ1) is 21.8. The van der Waals surface area contributed by atoms with Crippen LogP contribution in [-0.2, 0) is 30.0 Å². The monoisotopic (exact) mass is 456 g/mol. The Morgan fingerprint density at radius 2 is 1.91 bits per heavy atom. The second-order valence-corrected chi connectivity index (χ2v) is 10.3. The quantitative estimate of drug-likeness (QED) is 0.578. The molecule has 0 bridgehead atoms. The first-order valence-corrected chi connectivity index (χ1v) is 12.2. The van der Waals surface area contributed by atoms with Crippen molar-refractivity contribution in [3.8, 4) is 0 Å². The van der Waals surface area contributed by atoms with Crippen molar-refractivity contribution < 1.29 is 13.2 Å². The molecule has 1 aliphatic heterocycles. The van der Waals surface area contributed by atoms with Crippen molar-refractivity contribution in [2.45, 2.75) is 13.1 Å². The molecule has 3 aromatic rings. The molecular formula is C22H24N4O5S. The van der Waals surface area contributed by atoms with E-state index >= 15 is 0 Å². The van der Waals surface area contributed by atoms with Crippen molar-refractivity contribution in [1.82, 2.24) is 14.5 Å². The number of benzene rings is 1. The summed E-state index contributed by atoms with van der Waals surface area (Å²) in [6, 6.07) is 10.2. The van der Waals surface area contributed by atoms with Crippen LogP contribution in [0.4, 0.5) is 5.69 Å². The zero-order valence-corrected chi connectivity index (χ0v) is 18.7. The molecule has 0 unspecified atom stereocenters. The van der Waals surface area contributed by atoms with Crippen molar-refractivity contribution in [3.63, 3.8) is 0 Å². The average molecular weight is 457 g/mol. The zero-order chi connectivity index (χ0) is 23.0. The molecule has 0 saturated carbocycles. The van der Waals surface area contributed by atoms with Crippen LogP contribution in [0.5, 0.6) is 0 Å². The lowest BCUT2D eigenvalue weighted by atomic mass is 10.1. The van der Waals surface area contributed by atoms with E-state index in [1.807, 2.05) is 23.1 Å². The molecular weight excluding hydrogens is 432 g/mol. The fraction of sp³-hybridized carbons (Fsp3) is 0.318. The van der Waals surface area contributed by atoms with E-state index in [1.165, 1.54) is 16.9 Å². The minimum Gasteiger partial charge on any atom is -0.367 e. The van der Waals surface area contributed by atoms with E-state index in [2.05, 4.69) is 5.32 Å². The highest BCUT2D eigenvalue weighted by molar-refractivity contribution is 7.90. The van der Waals surface area contributed by atoms with Crippen LogP contribution in [-0.4, -0.2) is 48.6 Å². The van der Waals surface area contributed by atoms with E-state index < -0.39 is 21.3 Å². The lowest BCUT2D eigenvalue weighted by Crippen LogP contribution is -2.41. The molecule has 0 spiro atoms. The fourth-order valence-corrected chi connectivity index (χ4v) is 4.43. The van der Waals surface area contributed by atoms with Crippen LogP contribution in [0.2, 0.25) is 0 Å². The number of anilines is 1. The van der Waals surface area contributed by atoms with E-state index in [0.29, 0.717) is 30.7 Å². The first-order chi connectivity index (χ1) is 15.1. The molecule has 9 nitrogen and oxygen atoms in total. The summed E-state index contributed by atoms with van der Waals surface area (Å²) in [5.41, 5.74) is 1.58. The van der Waals surface area contributed by atoms with Gasteiger partial charge in [-0.3, -0.25) is 14.4 Å². The molecule has 1 aromatic carbocycles. The Labute approximate surface area is 184 Å². The van der Waals surface area contributed by atoms with Gasteiger partial charge in [-0.25, -0.2) is 8.42 Å². The number of hydrogen-bond donors (Lipinski definition) is 1. The van der Waals surface area contributed by atoms with Crippen LogP contribution < -0.4 is 21.3 Å². The third kappa shape index (κ3) is 4.31. The minimum atomic E-state index is -3.11. The van der Waals surface area contributed by atoms with Crippen LogP contribution in [0, 0.1) is 0 Å². The summed E-state index contributed by atoms with van der Waals surface area (Å²) < 4.78 is 26.2.